The fourth-order valence-corrected chi connectivity index (χ4v) is 4.13. The van der Waals surface area contributed by atoms with Gasteiger partial charge in [-0.2, -0.15) is 0 Å². The predicted octanol–water partition coefficient (Wildman–Crippen LogP) is 5.40. The van der Waals surface area contributed by atoms with Crippen molar-refractivity contribution in [3.05, 3.63) is 71.1 Å². The van der Waals surface area contributed by atoms with Gasteiger partial charge in [0.1, 0.15) is 5.82 Å². The second-order valence-corrected chi connectivity index (χ2v) is 9.06. The zero-order chi connectivity index (χ0) is 20.1. The summed E-state index contributed by atoms with van der Waals surface area (Å²) in [6.45, 7) is 1.84. The van der Waals surface area contributed by atoms with Gasteiger partial charge in [0.15, 0.2) is 14.9 Å². The van der Waals surface area contributed by atoms with E-state index in [0.29, 0.717) is 16.3 Å². The highest BCUT2D eigenvalue weighted by Crippen LogP contribution is 2.34. The minimum Gasteiger partial charge on any atom is -0.354 e. The Morgan fingerprint density at radius 1 is 1.11 bits per heavy atom. The molecular weight excluding hydrogens is 399 g/mol. The Morgan fingerprint density at radius 2 is 1.89 bits per heavy atom. The molecule has 4 nitrogen and oxygen atoms in total. The van der Waals surface area contributed by atoms with E-state index in [2.05, 4.69) is 9.97 Å². The summed E-state index contributed by atoms with van der Waals surface area (Å²) >= 11 is 6.17. The Hall–Kier alpha value is -2.70. The number of benzene rings is 2. The second kappa shape index (κ2) is 6.72. The number of nitrogens with one attached hydrogen (secondary N) is 1. The Labute approximate surface area is 166 Å². The molecular formula is C21H16ClFN2O2S. The zero-order valence-electron chi connectivity index (χ0n) is 15.1. The molecule has 0 spiro atoms. The van der Waals surface area contributed by atoms with Crippen LogP contribution in [0.25, 0.3) is 33.3 Å². The van der Waals surface area contributed by atoms with Gasteiger partial charge in [-0.15, -0.1) is 0 Å². The highest BCUT2D eigenvalue weighted by atomic mass is 35.5. The van der Waals surface area contributed by atoms with Gasteiger partial charge in [-0.1, -0.05) is 23.7 Å². The molecule has 28 heavy (non-hydrogen) atoms. The van der Waals surface area contributed by atoms with Crippen LogP contribution in [0.15, 0.2) is 59.8 Å². The topological polar surface area (TPSA) is 62.8 Å². The van der Waals surface area contributed by atoms with Crippen LogP contribution in [0.4, 0.5) is 4.39 Å². The molecule has 0 amide bonds. The zero-order valence-corrected chi connectivity index (χ0v) is 16.7. The van der Waals surface area contributed by atoms with Crippen molar-refractivity contribution in [3.63, 3.8) is 0 Å². The van der Waals surface area contributed by atoms with E-state index in [1.165, 1.54) is 6.07 Å². The van der Waals surface area contributed by atoms with Crippen molar-refractivity contribution in [3.8, 4) is 22.4 Å². The van der Waals surface area contributed by atoms with E-state index >= 15 is 0 Å². The van der Waals surface area contributed by atoms with E-state index in [4.69, 9.17) is 11.6 Å². The number of H-pyrrole nitrogens is 1. The van der Waals surface area contributed by atoms with Crippen molar-refractivity contribution in [2.75, 3.05) is 6.26 Å². The Bertz CT molecular complexity index is 1310. The first-order valence-corrected chi connectivity index (χ1v) is 10.8. The van der Waals surface area contributed by atoms with Crippen LogP contribution in [-0.2, 0) is 9.84 Å². The van der Waals surface area contributed by atoms with Gasteiger partial charge in [0, 0.05) is 28.9 Å². The molecule has 2 aromatic heterocycles. The molecule has 2 heterocycles. The maximum atomic E-state index is 14.2. The molecule has 0 unspecified atom stereocenters. The highest BCUT2D eigenvalue weighted by Gasteiger charge is 2.14. The van der Waals surface area contributed by atoms with E-state index in [1.807, 2.05) is 31.2 Å². The number of aromatic nitrogens is 2. The van der Waals surface area contributed by atoms with Gasteiger partial charge < -0.3 is 4.98 Å². The molecule has 1 N–H and O–H groups in total. The SMILES string of the molecule is Cc1cc(S(C)(=O)=O)ncc1-c1ccc2[nH]c(-c3c(F)cccc3Cl)cc2c1. The largest absolute Gasteiger partial charge is 0.354 e. The number of fused-ring (bicyclic) bond motifs is 1. The Kier molecular flexibility index (Phi) is 4.48. The van der Waals surface area contributed by atoms with Crippen molar-refractivity contribution in [1.29, 1.82) is 0 Å². The highest BCUT2D eigenvalue weighted by molar-refractivity contribution is 7.90. The second-order valence-electron chi connectivity index (χ2n) is 6.69. The van der Waals surface area contributed by atoms with Crippen molar-refractivity contribution >= 4 is 32.3 Å². The van der Waals surface area contributed by atoms with Crippen LogP contribution in [0.5, 0.6) is 0 Å². The summed E-state index contributed by atoms with van der Waals surface area (Å²) in [6.07, 6.45) is 2.70. The van der Waals surface area contributed by atoms with Gasteiger partial charge in [0.25, 0.3) is 0 Å². The monoisotopic (exact) mass is 414 g/mol. The average Bonchev–Trinajstić information content (AvgIpc) is 3.03. The quantitative estimate of drug-likeness (QED) is 0.488. The maximum Gasteiger partial charge on any atom is 0.192 e. The van der Waals surface area contributed by atoms with Crippen molar-refractivity contribution < 1.29 is 12.8 Å². The van der Waals surface area contributed by atoms with Crippen LogP contribution < -0.4 is 0 Å². The van der Waals surface area contributed by atoms with Gasteiger partial charge >= 0.3 is 0 Å². The molecule has 0 bridgehead atoms. The minimum atomic E-state index is -3.36. The molecule has 0 aliphatic rings. The first-order chi connectivity index (χ1) is 13.2. The summed E-state index contributed by atoms with van der Waals surface area (Å²) in [5, 5.41) is 1.27. The molecule has 0 atom stereocenters. The van der Waals surface area contributed by atoms with E-state index in [-0.39, 0.29) is 5.03 Å². The molecule has 0 saturated heterocycles. The fraction of sp³-hybridized carbons (Fsp3) is 0.0952. The van der Waals surface area contributed by atoms with Crippen molar-refractivity contribution in [2.45, 2.75) is 11.9 Å². The summed E-state index contributed by atoms with van der Waals surface area (Å²) in [5.74, 6) is -0.393. The Morgan fingerprint density at radius 3 is 2.57 bits per heavy atom. The summed E-state index contributed by atoms with van der Waals surface area (Å²) < 4.78 is 37.6. The lowest BCUT2D eigenvalue weighted by atomic mass is 10.0. The normalized spacial score (nSPS) is 11.9. The van der Waals surface area contributed by atoms with Gasteiger partial charge in [-0.05, 0) is 54.4 Å². The van der Waals surface area contributed by atoms with Gasteiger partial charge in [0.2, 0.25) is 0 Å². The standard InChI is InChI=1S/C21H16ClFN2O2S/c1-12-8-20(28(2,26)27)24-11-15(12)13-6-7-18-14(9-13)10-19(25-18)21-16(22)4-3-5-17(21)23/h3-11,25H,1-2H3. The number of nitrogens with zero attached hydrogens (tertiary/aromatic N) is 1. The van der Waals surface area contributed by atoms with Crippen LogP contribution in [-0.4, -0.2) is 24.6 Å². The van der Waals surface area contributed by atoms with Crippen LogP contribution >= 0.6 is 11.6 Å². The minimum absolute atomic E-state index is 0.0490. The molecule has 2 aromatic carbocycles. The number of aryl methyl sites for hydroxylation is 1. The van der Waals surface area contributed by atoms with E-state index in [0.717, 1.165) is 33.8 Å². The first kappa shape index (κ1) is 18.7. The summed E-state index contributed by atoms with van der Waals surface area (Å²) in [4.78, 5) is 7.28. The van der Waals surface area contributed by atoms with Gasteiger partial charge in [-0.3, -0.25) is 0 Å². The molecule has 0 fully saturated rings. The Balaban J connectivity index is 1.81. The summed E-state index contributed by atoms with van der Waals surface area (Å²) in [7, 11) is -3.36. The average molecular weight is 415 g/mol. The molecule has 0 saturated carbocycles. The number of halogens is 2. The third-order valence-corrected chi connectivity index (χ3v) is 5.93. The van der Waals surface area contributed by atoms with Crippen LogP contribution in [0.1, 0.15) is 5.56 Å². The lowest BCUT2D eigenvalue weighted by Gasteiger charge is -2.07. The molecule has 4 aromatic rings. The predicted molar refractivity (Wildman–Crippen MR) is 110 cm³/mol. The van der Waals surface area contributed by atoms with Crippen LogP contribution in [0.3, 0.4) is 0 Å². The molecule has 4 rings (SSSR count). The fourth-order valence-electron chi connectivity index (χ4n) is 3.23. The summed E-state index contributed by atoms with van der Waals surface area (Å²) in [5.41, 5.74) is 4.30. The van der Waals surface area contributed by atoms with Crippen LogP contribution in [0.2, 0.25) is 5.02 Å². The number of sulfone groups is 1. The third kappa shape index (κ3) is 3.30. The molecule has 142 valence electrons. The number of aromatic amines is 1. The molecule has 0 radical (unpaired) electrons. The first-order valence-electron chi connectivity index (χ1n) is 8.48. The smallest absolute Gasteiger partial charge is 0.192 e. The molecule has 0 aliphatic heterocycles. The molecule has 7 heteroatoms. The lowest BCUT2D eigenvalue weighted by Crippen LogP contribution is -2.01. The number of rotatable bonds is 3. The lowest BCUT2D eigenvalue weighted by molar-refractivity contribution is 0.598. The van der Waals surface area contributed by atoms with Crippen LogP contribution in [0, 0.1) is 12.7 Å². The number of pyridine rings is 1. The van der Waals surface area contributed by atoms with E-state index in [9.17, 15) is 12.8 Å². The van der Waals surface area contributed by atoms with Crippen molar-refractivity contribution in [2.24, 2.45) is 0 Å². The number of hydrogen-bond donors (Lipinski definition) is 1. The van der Waals surface area contributed by atoms with Crippen molar-refractivity contribution in [1.82, 2.24) is 9.97 Å². The number of hydrogen-bond acceptors (Lipinski definition) is 3. The van der Waals surface area contributed by atoms with E-state index in [1.54, 1.807) is 24.4 Å². The van der Waals surface area contributed by atoms with Gasteiger partial charge in [0.05, 0.1) is 16.3 Å². The van der Waals surface area contributed by atoms with Gasteiger partial charge in [-0.25, -0.2) is 17.8 Å². The maximum absolute atomic E-state index is 14.2. The molecule has 0 aliphatic carbocycles. The van der Waals surface area contributed by atoms with E-state index < -0.39 is 15.7 Å². The third-order valence-electron chi connectivity index (χ3n) is 4.63. The summed E-state index contributed by atoms with van der Waals surface area (Å²) in [6, 6.07) is 13.8.